The molecule has 0 saturated heterocycles. The van der Waals surface area contributed by atoms with Gasteiger partial charge >= 0.3 is 12.4 Å². The van der Waals surface area contributed by atoms with Crippen LogP contribution in [0.15, 0.2) is 24.4 Å². The van der Waals surface area contributed by atoms with Crippen LogP contribution in [0.2, 0.25) is 5.28 Å². The zero-order chi connectivity index (χ0) is 15.8. The van der Waals surface area contributed by atoms with Crippen LogP contribution in [0.4, 0.5) is 26.3 Å². The zero-order valence-electron chi connectivity index (χ0n) is 9.80. The van der Waals surface area contributed by atoms with Crippen LogP contribution in [0, 0.1) is 0 Å². The average Bonchev–Trinajstić information content (AvgIpc) is 2.36. The summed E-state index contributed by atoms with van der Waals surface area (Å²) in [4.78, 5) is 9.70. The first-order valence-corrected chi connectivity index (χ1v) is 5.60. The first-order chi connectivity index (χ1) is 9.57. The van der Waals surface area contributed by atoms with E-state index < -0.39 is 29.0 Å². The predicted octanol–water partition coefficient (Wildman–Crippen LogP) is 4.23. The van der Waals surface area contributed by atoms with Crippen LogP contribution in [0.1, 0.15) is 11.4 Å². The van der Waals surface area contributed by atoms with Crippen molar-refractivity contribution in [3.05, 3.63) is 41.1 Å². The summed E-state index contributed by atoms with van der Waals surface area (Å²) in [5.41, 5.74) is -2.78. The Morgan fingerprint density at radius 3 is 1.95 bits per heavy atom. The van der Waals surface area contributed by atoms with Gasteiger partial charge in [0.25, 0.3) is 0 Å². The molecule has 2 aromatic rings. The molecule has 0 radical (unpaired) electrons. The minimum absolute atomic E-state index is 0.0437. The molecule has 2 rings (SSSR count). The Kier molecular flexibility index (Phi) is 3.79. The van der Waals surface area contributed by atoms with Crippen molar-refractivity contribution >= 4 is 11.6 Å². The third-order valence-electron chi connectivity index (χ3n) is 2.34. The Hall–Kier alpha value is -1.90. The molecule has 10 heteroatoms. The molecule has 0 spiro atoms. The fraction of sp³-hybridized carbons (Fsp3) is 0.182. The number of alkyl halides is 6. The summed E-state index contributed by atoms with van der Waals surface area (Å²) in [6, 6.07) is 2.17. The summed E-state index contributed by atoms with van der Waals surface area (Å²) in [6.45, 7) is 0. The normalized spacial score (nSPS) is 12.5. The molecule has 21 heavy (non-hydrogen) atoms. The molecule has 0 bridgehead atoms. The summed E-state index contributed by atoms with van der Waals surface area (Å²) in [5.74, 6) is 0. The van der Waals surface area contributed by atoms with Crippen LogP contribution in [0.3, 0.4) is 0 Å². The van der Waals surface area contributed by atoms with Gasteiger partial charge in [0.05, 0.1) is 5.69 Å². The van der Waals surface area contributed by atoms with Crippen molar-refractivity contribution < 1.29 is 26.3 Å². The first kappa shape index (κ1) is 15.5. The summed E-state index contributed by atoms with van der Waals surface area (Å²) >= 11 is 5.39. The van der Waals surface area contributed by atoms with E-state index in [9.17, 15) is 26.3 Å². The van der Waals surface area contributed by atoms with Gasteiger partial charge in [-0.05, 0) is 29.8 Å². The maximum absolute atomic E-state index is 12.6. The Labute approximate surface area is 118 Å². The van der Waals surface area contributed by atoms with Crippen molar-refractivity contribution in [3.8, 4) is 11.3 Å². The highest BCUT2D eigenvalue weighted by Gasteiger charge is 2.34. The van der Waals surface area contributed by atoms with E-state index in [-0.39, 0.29) is 11.3 Å². The number of nitrogens with zero attached hydrogens (tertiary/aromatic N) is 3. The molecule has 0 aliphatic rings. The first-order valence-electron chi connectivity index (χ1n) is 5.23. The Balaban J connectivity index is 2.45. The second-order valence-electron chi connectivity index (χ2n) is 3.84. The summed E-state index contributed by atoms with van der Waals surface area (Å²) in [7, 11) is 0. The highest BCUT2D eigenvalue weighted by Crippen LogP contribution is 2.32. The Bertz CT molecular complexity index is 650. The number of rotatable bonds is 1. The van der Waals surface area contributed by atoms with E-state index in [4.69, 9.17) is 11.6 Å². The molecule has 0 atom stereocenters. The SMILES string of the molecule is FC(F)(F)c1ccc(-c2cc(C(F)(F)F)nc(Cl)n2)cn1. The molecule has 0 N–H and O–H groups in total. The van der Waals surface area contributed by atoms with Gasteiger partial charge in [0.1, 0.15) is 11.4 Å². The monoisotopic (exact) mass is 327 g/mol. The molecule has 0 amide bonds. The number of hydrogen-bond acceptors (Lipinski definition) is 3. The zero-order valence-corrected chi connectivity index (χ0v) is 10.6. The highest BCUT2D eigenvalue weighted by molar-refractivity contribution is 6.28. The van der Waals surface area contributed by atoms with Crippen molar-refractivity contribution in [2.75, 3.05) is 0 Å². The van der Waals surface area contributed by atoms with Gasteiger partial charge in [0.15, 0.2) is 0 Å². The van der Waals surface area contributed by atoms with E-state index >= 15 is 0 Å². The number of aromatic nitrogens is 3. The maximum atomic E-state index is 12.6. The van der Waals surface area contributed by atoms with Crippen molar-refractivity contribution in [2.24, 2.45) is 0 Å². The second-order valence-corrected chi connectivity index (χ2v) is 4.17. The Morgan fingerprint density at radius 2 is 1.48 bits per heavy atom. The maximum Gasteiger partial charge on any atom is 0.433 e. The van der Waals surface area contributed by atoms with Gasteiger partial charge < -0.3 is 0 Å². The quantitative estimate of drug-likeness (QED) is 0.581. The lowest BCUT2D eigenvalue weighted by Gasteiger charge is -2.09. The lowest BCUT2D eigenvalue weighted by Crippen LogP contribution is -2.10. The second kappa shape index (κ2) is 5.14. The number of pyridine rings is 1. The molecule has 112 valence electrons. The van der Waals surface area contributed by atoms with E-state index in [2.05, 4.69) is 15.0 Å². The van der Waals surface area contributed by atoms with Crippen LogP contribution in [-0.4, -0.2) is 15.0 Å². The fourth-order valence-corrected chi connectivity index (χ4v) is 1.61. The predicted molar refractivity (Wildman–Crippen MR) is 60.3 cm³/mol. The molecule has 0 fully saturated rings. The number of halogens is 7. The minimum atomic E-state index is -4.75. The van der Waals surface area contributed by atoms with Crippen LogP contribution in [0.5, 0.6) is 0 Å². The van der Waals surface area contributed by atoms with Gasteiger partial charge in [0.2, 0.25) is 5.28 Å². The third-order valence-corrected chi connectivity index (χ3v) is 2.51. The van der Waals surface area contributed by atoms with E-state index in [1.54, 1.807) is 0 Å². The van der Waals surface area contributed by atoms with Gasteiger partial charge in [-0.15, -0.1) is 0 Å². The van der Waals surface area contributed by atoms with E-state index in [0.717, 1.165) is 12.3 Å². The van der Waals surface area contributed by atoms with Crippen molar-refractivity contribution in [1.29, 1.82) is 0 Å². The van der Waals surface area contributed by atoms with Crippen LogP contribution in [-0.2, 0) is 12.4 Å². The van der Waals surface area contributed by atoms with Gasteiger partial charge in [-0.3, -0.25) is 4.98 Å². The standard InChI is InChI=1S/C11H4ClF6N3/c12-9-20-6(3-8(21-9)11(16,17)18)5-1-2-7(19-4-5)10(13,14)15/h1-4H. The summed E-state index contributed by atoms with van der Waals surface area (Å²) in [5, 5.41) is -0.667. The summed E-state index contributed by atoms with van der Waals surface area (Å²) < 4.78 is 74.8. The highest BCUT2D eigenvalue weighted by atomic mass is 35.5. The minimum Gasteiger partial charge on any atom is -0.251 e. The molecular weight excluding hydrogens is 324 g/mol. The lowest BCUT2D eigenvalue weighted by atomic mass is 10.1. The summed E-state index contributed by atoms with van der Waals surface area (Å²) in [6.07, 6.45) is -8.62. The van der Waals surface area contributed by atoms with Gasteiger partial charge in [0, 0.05) is 11.8 Å². The molecule has 3 nitrogen and oxygen atoms in total. The average molecular weight is 328 g/mol. The van der Waals surface area contributed by atoms with Crippen molar-refractivity contribution in [3.63, 3.8) is 0 Å². The molecular formula is C11H4ClF6N3. The van der Waals surface area contributed by atoms with E-state index in [0.29, 0.717) is 12.1 Å². The van der Waals surface area contributed by atoms with Crippen molar-refractivity contribution in [2.45, 2.75) is 12.4 Å². The van der Waals surface area contributed by atoms with Crippen LogP contribution < -0.4 is 0 Å². The molecule has 2 heterocycles. The largest absolute Gasteiger partial charge is 0.433 e. The third kappa shape index (κ3) is 3.60. The smallest absolute Gasteiger partial charge is 0.251 e. The molecule has 0 aliphatic heterocycles. The van der Waals surface area contributed by atoms with Gasteiger partial charge in [-0.2, -0.15) is 26.3 Å². The van der Waals surface area contributed by atoms with Gasteiger partial charge in [-0.1, -0.05) is 0 Å². The molecule has 0 saturated carbocycles. The van der Waals surface area contributed by atoms with Crippen LogP contribution >= 0.6 is 11.6 Å². The topological polar surface area (TPSA) is 38.7 Å². The molecule has 0 aliphatic carbocycles. The lowest BCUT2D eigenvalue weighted by molar-refractivity contribution is -0.141. The van der Waals surface area contributed by atoms with Crippen molar-refractivity contribution in [1.82, 2.24) is 15.0 Å². The molecule has 2 aromatic heterocycles. The Morgan fingerprint density at radius 1 is 0.857 bits per heavy atom. The van der Waals surface area contributed by atoms with E-state index in [1.165, 1.54) is 0 Å². The molecule has 0 aromatic carbocycles. The molecule has 0 unspecified atom stereocenters. The van der Waals surface area contributed by atoms with E-state index in [1.807, 2.05) is 0 Å². The van der Waals surface area contributed by atoms with Gasteiger partial charge in [-0.25, -0.2) is 9.97 Å². The van der Waals surface area contributed by atoms with Crippen LogP contribution in [0.25, 0.3) is 11.3 Å². The fourth-order valence-electron chi connectivity index (χ4n) is 1.42. The number of hydrogen-bond donors (Lipinski definition) is 0.